The Morgan fingerprint density at radius 1 is 1.10 bits per heavy atom. The number of phenols is 1. The van der Waals surface area contributed by atoms with E-state index in [1.54, 1.807) is 24.3 Å². The molecule has 0 unspecified atom stereocenters. The predicted molar refractivity (Wildman–Crippen MR) is 119 cm³/mol. The van der Waals surface area contributed by atoms with E-state index < -0.39 is 0 Å². The van der Waals surface area contributed by atoms with Crippen LogP contribution < -0.4 is 9.47 Å². The van der Waals surface area contributed by atoms with Gasteiger partial charge in [-0.1, -0.05) is 6.92 Å². The molecule has 29 heavy (non-hydrogen) atoms. The number of hydrogen-bond acceptors (Lipinski definition) is 5. The van der Waals surface area contributed by atoms with Crippen LogP contribution in [0.3, 0.4) is 0 Å². The Hall–Kier alpha value is -1.92. The van der Waals surface area contributed by atoms with E-state index in [9.17, 15) is 9.90 Å². The first-order valence-corrected chi connectivity index (χ1v) is 9.94. The molecule has 1 aliphatic carbocycles. The number of aromatic hydroxyl groups is 1. The molecule has 2 rings (SSSR count). The van der Waals surface area contributed by atoms with E-state index >= 15 is 0 Å². The summed E-state index contributed by atoms with van der Waals surface area (Å²) >= 11 is 0. The second kappa shape index (κ2) is 11.9. The Kier molecular flexibility index (Phi) is 10.3. The number of carbonyl (C=O) groups excluding carboxylic acids is 1. The molecule has 1 aromatic carbocycles. The smallest absolute Gasteiger partial charge is 0.246 e. The van der Waals surface area contributed by atoms with Crippen molar-refractivity contribution in [2.24, 2.45) is 5.92 Å². The zero-order chi connectivity index (χ0) is 20.7. The van der Waals surface area contributed by atoms with Crippen molar-refractivity contribution >= 4 is 24.4 Å². The zero-order valence-corrected chi connectivity index (χ0v) is 19.0. The number of rotatable bonds is 8. The average Bonchev–Trinajstić information content (AvgIpc) is 2.68. The molecule has 0 radical (unpaired) electrons. The van der Waals surface area contributed by atoms with E-state index in [0.717, 1.165) is 37.4 Å². The largest absolute Gasteiger partial charge is 0.502 e. The van der Waals surface area contributed by atoms with Crippen LogP contribution in [-0.2, 0) is 4.79 Å². The lowest BCUT2D eigenvalue weighted by Gasteiger charge is -2.36. The molecule has 1 saturated carbocycles. The summed E-state index contributed by atoms with van der Waals surface area (Å²) in [4.78, 5) is 17.1. The fraction of sp³-hybridized carbons (Fsp3) is 0.591. The van der Waals surface area contributed by atoms with Gasteiger partial charge in [-0.3, -0.25) is 4.79 Å². The van der Waals surface area contributed by atoms with Crippen LogP contribution in [0.1, 0.15) is 38.2 Å². The summed E-state index contributed by atoms with van der Waals surface area (Å²) in [5.74, 6) is 1.36. The molecule has 6 nitrogen and oxygen atoms in total. The van der Waals surface area contributed by atoms with Crippen molar-refractivity contribution in [2.75, 3.05) is 41.4 Å². The van der Waals surface area contributed by atoms with E-state index in [1.165, 1.54) is 27.1 Å². The Labute approximate surface area is 180 Å². The lowest BCUT2D eigenvalue weighted by Crippen LogP contribution is -2.44. The first-order chi connectivity index (χ1) is 13.3. The molecule has 7 heteroatoms. The molecule has 0 heterocycles. The Balaban J connectivity index is 0.00000420. The van der Waals surface area contributed by atoms with Crippen LogP contribution in [-0.4, -0.2) is 68.3 Å². The molecule has 0 atom stereocenters. The molecule has 1 amide bonds. The van der Waals surface area contributed by atoms with E-state index in [4.69, 9.17) is 9.47 Å². The monoisotopic (exact) mass is 426 g/mol. The summed E-state index contributed by atoms with van der Waals surface area (Å²) in [5.41, 5.74) is 0.740. The third-order valence-corrected chi connectivity index (χ3v) is 5.42. The van der Waals surface area contributed by atoms with E-state index in [0.29, 0.717) is 17.5 Å². The van der Waals surface area contributed by atoms with Gasteiger partial charge in [0.1, 0.15) is 0 Å². The van der Waals surface area contributed by atoms with Gasteiger partial charge in [-0.05, 0) is 69.5 Å². The summed E-state index contributed by atoms with van der Waals surface area (Å²) in [7, 11) is 7.02. The maximum absolute atomic E-state index is 13.0. The van der Waals surface area contributed by atoms with Gasteiger partial charge in [0.15, 0.2) is 11.5 Å². The van der Waals surface area contributed by atoms with Crippen molar-refractivity contribution in [1.29, 1.82) is 0 Å². The van der Waals surface area contributed by atoms with Crippen molar-refractivity contribution in [2.45, 2.75) is 38.6 Å². The van der Waals surface area contributed by atoms with Crippen LogP contribution >= 0.6 is 12.4 Å². The van der Waals surface area contributed by atoms with Crippen molar-refractivity contribution in [1.82, 2.24) is 9.80 Å². The van der Waals surface area contributed by atoms with Gasteiger partial charge in [0.25, 0.3) is 0 Å². The number of ether oxygens (including phenoxy) is 2. The highest BCUT2D eigenvalue weighted by molar-refractivity contribution is 5.92. The number of halogens is 1. The van der Waals surface area contributed by atoms with Crippen molar-refractivity contribution < 1.29 is 19.4 Å². The molecule has 0 aromatic heterocycles. The molecular weight excluding hydrogens is 392 g/mol. The predicted octanol–water partition coefficient (Wildman–Crippen LogP) is 3.81. The first kappa shape index (κ1) is 25.1. The van der Waals surface area contributed by atoms with E-state index in [1.807, 2.05) is 19.0 Å². The summed E-state index contributed by atoms with van der Waals surface area (Å²) < 4.78 is 10.4. The third kappa shape index (κ3) is 7.12. The number of amides is 1. The minimum atomic E-state index is -0.0441. The normalized spacial score (nSPS) is 19.1. The van der Waals surface area contributed by atoms with Gasteiger partial charge in [0.2, 0.25) is 11.7 Å². The summed E-state index contributed by atoms with van der Waals surface area (Å²) in [5, 5.41) is 10.0. The average molecular weight is 427 g/mol. The lowest BCUT2D eigenvalue weighted by atomic mass is 9.86. The van der Waals surface area contributed by atoms with Crippen LogP contribution in [0.5, 0.6) is 17.2 Å². The van der Waals surface area contributed by atoms with Crippen LogP contribution in [0.15, 0.2) is 18.2 Å². The lowest BCUT2D eigenvalue weighted by molar-refractivity contribution is -0.129. The van der Waals surface area contributed by atoms with Crippen LogP contribution in [0.2, 0.25) is 0 Å². The van der Waals surface area contributed by atoms with Gasteiger partial charge in [0.05, 0.1) is 14.2 Å². The molecule has 1 aliphatic rings. The number of phenolic OH excluding ortho intramolecular Hbond substituents is 1. The molecule has 1 fully saturated rings. The van der Waals surface area contributed by atoms with Crippen molar-refractivity contribution in [3.8, 4) is 17.2 Å². The van der Waals surface area contributed by atoms with Gasteiger partial charge >= 0.3 is 0 Å². The highest BCUT2D eigenvalue weighted by atomic mass is 35.5. The molecule has 164 valence electrons. The maximum Gasteiger partial charge on any atom is 0.246 e. The van der Waals surface area contributed by atoms with Crippen LogP contribution in [0.25, 0.3) is 6.08 Å². The molecule has 0 aliphatic heterocycles. The Morgan fingerprint density at radius 2 is 1.66 bits per heavy atom. The third-order valence-electron chi connectivity index (χ3n) is 5.42. The van der Waals surface area contributed by atoms with E-state index in [-0.39, 0.29) is 24.1 Å². The topological polar surface area (TPSA) is 62.2 Å². The number of methoxy groups -OCH3 is 2. The Morgan fingerprint density at radius 3 is 2.14 bits per heavy atom. The second-order valence-corrected chi connectivity index (χ2v) is 7.86. The first-order valence-electron chi connectivity index (χ1n) is 9.94. The van der Waals surface area contributed by atoms with E-state index in [2.05, 4.69) is 11.8 Å². The van der Waals surface area contributed by atoms with Gasteiger partial charge in [0, 0.05) is 25.2 Å². The summed E-state index contributed by atoms with van der Waals surface area (Å²) in [6.45, 7) is 3.84. The molecule has 1 aromatic rings. The molecule has 0 saturated heterocycles. The minimum Gasteiger partial charge on any atom is -0.502 e. The summed E-state index contributed by atoms with van der Waals surface area (Å²) in [6.07, 6.45) is 7.84. The molecule has 1 N–H and O–H groups in total. The maximum atomic E-state index is 13.0. The van der Waals surface area contributed by atoms with Gasteiger partial charge < -0.3 is 24.4 Å². The number of hydrogen-bond donors (Lipinski definition) is 1. The Bertz CT molecular complexity index is 660. The van der Waals surface area contributed by atoms with Crippen molar-refractivity contribution in [3.05, 3.63) is 23.8 Å². The minimum absolute atomic E-state index is 0. The fourth-order valence-electron chi connectivity index (χ4n) is 3.61. The highest BCUT2D eigenvalue weighted by Gasteiger charge is 2.26. The van der Waals surface area contributed by atoms with Crippen LogP contribution in [0.4, 0.5) is 0 Å². The highest BCUT2D eigenvalue weighted by Crippen LogP contribution is 2.37. The number of nitrogens with zero attached hydrogens (tertiary/aromatic N) is 2. The van der Waals surface area contributed by atoms with Crippen LogP contribution in [0, 0.1) is 5.92 Å². The molecule has 0 spiro atoms. The van der Waals surface area contributed by atoms with Gasteiger partial charge in [-0.2, -0.15) is 0 Å². The standard InChI is InChI=1S/C22H34N2O4.ClH/c1-16-6-9-18(10-7-16)24(13-12-23(2)3)21(25)11-8-17-14-19(27-4)22(26)20(15-17)28-5;/h8,11,14-16,18,26H,6-7,9-10,12-13H2,1-5H3;1H/t16-,18-;. The SMILES string of the molecule is COc1cc(C=CC(=O)N(CCN(C)C)[C@H]2CC[C@H](C)CC2)cc(OC)c1O.Cl. The quantitative estimate of drug-likeness (QED) is 0.640. The molecular formula is C22H35ClN2O4. The summed E-state index contributed by atoms with van der Waals surface area (Å²) in [6, 6.07) is 3.68. The van der Waals surface area contributed by atoms with Gasteiger partial charge in [-0.25, -0.2) is 0 Å². The molecule has 0 bridgehead atoms. The van der Waals surface area contributed by atoms with Crippen molar-refractivity contribution in [3.63, 3.8) is 0 Å². The number of likely N-dealkylation sites (N-methyl/N-ethyl adjacent to an activating group) is 1. The second-order valence-electron chi connectivity index (χ2n) is 7.86. The number of carbonyl (C=O) groups is 1. The number of benzene rings is 1. The fourth-order valence-corrected chi connectivity index (χ4v) is 3.61. The van der Waals surface area contributed by atoms with Gasteiger partial charge in [-0.15, -0.1) is 12.4 Å². The zero-order valence-electron chi connectivity index (χ0n) is 18.2.